The monoisotopic (exact) mass is 342 g/mol. The Morgan fingerprint density at radius 2 is 2.21 bits per heavy atom. The maximum absolute atomic E-state index is 5.99. The van der Waals surface area contributed by atoms with E-state index >= 15 is 0 Å². The molecule has 0 bridgehead atoms. The first-order valence-corrected chi connectivity index (χ1v) is 7.33. The van der Waals surface area contributed by atoms with E-state index in [1.165, 1.54) is 6.39 Å². The van der Waals surface area contributed by atoms with E-state index in [0.29, 0.717) is 17.5 Å². The number of oxazole rings is 1. The fourth-order valence-corrected chi connectivity index (χ4v) is 2.24. The molecule has 0 fully saturated rings. The van der Waals surface area contributed by atoms with Crippen molar-refractivity contribution in [1.29, 1.82) is 0 Å². The highest BCUT2D eigenvalue weighted by Gasteiger charge is 2.12. The Morgan fingerprint density at radius 3 is 2.89 bits per heavy atom. The predicted molar refractivity (Wildman–Crippen MR) is 81.2 cm³/mol. The summed E-state index contributed by atoms with van der Waals surface area (Å²) in [4.78, 5) is 4.26. The smallest absolute Gasteiger partial charge is 0.181 e. The highest BCUT2D eigenvalue weighted by molar-refractivity contribution is 9.10. The first-order chi connectivity index (χ1) is 9.08. The number of aromatic nitrogens is 1. The molecule has 19 heavy (non-hydrogen) atoms. The predicted octanol–water partition coefficient (Wildman–Crippen LogP) is 4.50. The van der Waals surface area contributed by atoms with Crippen LogP contribution >= 0.6 is 27.5 Å². The number of halogens is 2. The van der Waals surface area contributed by atoms with Crippen LogP contribution in [0.2, 0.25) is 5.02 Å². The molecule has 0 saturated carbocycles. The van der Waals surface area contributed by atoms with Gasteiger partial charge in [0.1, 0.15) is 5.69 Å². The van der Waals surface area contributed by atoms with E-state index in [1.807, 2.05) is 18.2 Å². The molecule has 2 rings (SSSR count). The Morgan fingerprint density at radius 1 is 1.42 bits per heavy atom. The van der Waals surface area contributed by atoms with E-state index < -0.39 is 0 Å². The number of nitrogens with zero attached hydrogens (tertiary/aromatic N) is 1. The minimum Gasteiger partial charge on any atom is -0.443 e. The topological polar surface area (TPSA) is 38.1 Å². The fourth-order valence-electron chi connectivity index (χ4n) is 1.75. The molecule has 1 aromatic heterocycles. The average Bonchev–Trinajstić information content (AvgIpc) is 2.80. The molecule has 0 atom stereocenters. The second-order valence-electron chi connectivity index (χ2n) is 4.78. The van der Waals surface area contributed by atoms with Crippen molar-refractivity contribution < 1.29 is 4.42 Å². The lowest BCUT2D eigenvalue weighted by Gasteiger charge is -2.07. The van der Waals surface area contributed by atoms with Gasteiger partial charge >= 0.3 is 0 Å². The van der Waals surface area contributed by atoms with Crippen molar-refractivity contribution >= 4 is 27.5 Å². The number of benzene rings is 1. The molecular weight excluding hydrogens is 328 g/mol. The van der Waals surface area contributed by atoms with Crippen molar-refractivity contribution in [2.45, 2.75) is 20.4 Å². The first kappa shape index (κ1) is 14.6. The highest BCUT2D eigenvalue weighted by Crippen LogP contribution is 2.30. The zero-order chi connectivity index (χ0) is 13.8. The zero-order valence-electron chi connectivity index (χ0n) is 10.9. The van der Waals surface area contributed by atoms with Gasteiger partial charge in [0.05, 0.1) is 5.02 Å². The van der Waals surface area contributed by atoms with Crippen LogP contribution in [0.5, 0.6) is 0 Å². The molecule has 0 aliphatic rings. The lowest BCUT2D eigenvalue weighted by molar-refractivity contribution is 0.545. The third-order valence-electron chi connectivity index (χ3n) is 2.67. The molecule has 0 saturated heterocycles. The molecule has 0 aliphatic heterocycles. The van der Waals surface area contributed by atoms with Crippen molar-refractivity contribution in [3.05, 3.63) is 39.8 Å². The van der Waals surface area contributed by atoms with Crippen LogP contribution < -0.4 is 5.32 Å². The van der Waals surface area contributed by atoms with Gasteiger partial charge in [0.15, 0.2) is 12.2 Å². The Kier molecular flexibility index (Phi) is 5.02. The summed E-state index contributed by atoms with van der Waals surface area (Å²) in [6.07, 6.45) is 1.48. The number of hydrogen-bond donors (Lipinski definition) is 1. The van der Waals surface area contributed by atoms with Gasteiger partial charge in [-0.1, -0.05) is 25.4 Å². The maximum Gasteiger partial charge on any atom is 0.181 e. The summed E-state index contributed by atoms with van der Waals surface area (Å²) >= 11 is 9.41. The minimum atomic E-state index is 0.611. The highest BCUT2D eigenvalue weighted by atomic mass is 79.9. The molecule has 102 valence electrons. The molecule has 5 heteroatoms. The zero-order valence-corrected chi connectivity index (χ0v) is 13.3. The summed E-state index contributed by atoms with van der Waals surface area (Å²) in [5.41, 5.74) is 1.88. The van der Waals surface area contributed by atoms with Gasteiger partial charge in [-0.25, -0.2) is 4.98 Å². The van der Waals surface area contributed by atoms with E-state index in [9.17, 15) is 0 Å². The molecule has 1 aromatic carbocycles. The largest absolute Gasteiger partial charge is 0.443 e. The second kappa shape index (κ2) is 6.55. The van der Waals surface area contributed by atoms with Crippen molar-refractivity contribution in [3.8, 4) is 11.3 Å². The van der Waals surface area contributed by atoms with Crippen LogP contribution in [-0.2, 0) is 6.54 Å². The maximum atomic E-state index is 5.99. The SMILES string of the molecule is CC(C)CNCc1ncoc1-c1ccc(Cl)c(Br)c1. The van der Waals surface area contributed by atoms with Gasteiger partial charge in [0.25, 0.3) is 0 Å². The normalized spacial score (nSPS) is 11.2. The van der Waals surface area contributed by atoms with Crippen molar-refractivity contribution in [3.63, 3.8) is 0 Å². The van der Waals surface area contributed by atoms with Gasteiger partial charge in [0.2, 0.25) is 0 Å². The van der Waals surface area contributed by atoms with E-state index in [1.54, 1.807) is 0 Å². The number of nitrogens with one attached hydrogen (secondary N) is 1. The molecule has 0 spiro atoms. The summed E-state index contributed by atoms with van der Waals surface area (Å²) < 4.78 is 6.34. The lowest BCUT2D eigenvalue weighted by Crippen LogP contribution is -2.19. The van der Waals surface area contributed by atoms with Crippen LogP contribution in [0.25, 0.3) is 11.3 Å². The van der Waals surface area contributed by atoms with E-state index in [2.05, 4.69) is 40.1 Å². The van der Waals surface area contributed by atoms with Crippen LogP contribution in [0.1, 0.15) is 19.5 Å². The van der Waals surface area contributed by atoms with Gasteiger partial charge in [-0.3, -0.25) is 0 Å². The van der Waals surface area contributed by atoms with Crippen LogP contribution in [0.15, 0.2) is 33.5 Å². The quantitative estimate of drug-likeness (QED) is 0.868. The standard InChI is InChI=1S/C14H16BrClN2O/c1-9(2)6-17-7-13-14(19-8-18-13)10-3-4-12(16)11(15)5-10/h3-5,8-9,17H,6-7H2,1-2H3. The average molecular weight is 344 g/mol. The molecule has 1 heterocycles. The van der Waals surface area contributed by atoms with Gasteiger partial charge in [0, 0.05) is 16.6 Å². The van der Waals surface area contributed by atoms with Crippen LogP contribution in [-0.4, -0.2) is 11.5 Å². The summed E-state index contributed by atoms with van der Waals surface area (Å²) in [6, 6.07) is 5.71. The number of rotatable bonds is 5. The van der Waals surface area contributed by atoms with Crippen LogP contribution in [0.4, 0.5) is 0 Å². The van der Waals surface area contributed by atoms with Crippen LogP contribution in [0.3, 0.4) is 0 Å². The second-order valence-corrected chi connectivity index (χ2v) is 6.04. The summed E-state index contributed by atoms with van der Waals surface area (Å²) in [7, 11) is 0. The van der Waals surface area contributed by atoms with Gasteiger partial charge in [-0.15, -0.1) is 0 Å². The van der Waals surface area contributed by atoms with Gasteiger partial charge in [-0.05, 0) is 46.6 Å². The first-order valence-electron chi connectivity index (χ1n) is 6.16. The molecule has 0 amide bonds. The third kappa shape index (κ3) is 3.81. The van der Waals surface area contributed by atoms with Crippen molar-refractivity contribution in [2.75, 3.05) is 6.54 Å². The summed E-state index contributed by atoms with van der Waals surface area (Å²) in [5, 5.41) is 4.05. The molecule has 1 N–H and O–H groups in total. The summed E-state index contributed by atoms with van der Waals surface area (Å²) in [5.74, 6) is 1.40. The molecule has 0 aliphatic carbocycles. The van der Waals surface area contributed by atoms with Crippen LogP contribution in [0, 0.1) is 5.92 Å². The fraction of sp³-hybridized carbons (Fsp3) is 0.357. The Hall–Kier alpha value is -0.840. The van der Waals surface area contributed by atoms with Crippen molar-refractivity contribution in [2.24, 2.45) is 5.92 Å². The lowest BCUT2D eigenvalue weighted by atomic mass is 10.1. The van der Waals surface area contributed by atoms with E-state index in [0.717, 1.165) is 28.0 Å². The molecular formula is C14H16BrClN2O. The third-order valence-corrected chi connectivity index (χ3v) is 3.88. The minimum absolute atomic E-state index is 0.611. The van der Waals surface area contributed by atoms with E-state index in [4.69, 9.17) is 16.0 Å². The molecule has 3 nitrogen and oxygen atoms in total. The summed E-state index contributed by atoms with van der Waals surface area (Å²) in [6.45, 7) is 6.00. The van der Waals surface area contributed by atoms with Crippen molar-refractivity contribution in [1.82, 2.24) is 10.3 Å². The number of hydrogen-bond acceptors (Lipinski definition) is 3. The molecule has 0 radical (unpaired) electrons. The Balaban J connectivity index is 2.16. The van der Waals surface area contributed by atoms with E-state index in [-0.39, 0.29) is 0 Å². The molecule has 2 aromatic rings. The Labute approximate surface area is 126 Å². The Bertz CT molecular complexity index is 554. The van der Waals surface area contributed by atoms with Gasteiger partial charge < -0.3 is 9.73 Å². The molecule has 0 unspecified atom stereocenters. The van der Waals surface area contributed by atoms with Gasteiger partial charge in [-0.2, -0.15) is 0 Å².